The number of carboxylic acid groups (broad SMARTS) is 1. The monoisotopic (exact) mass is 407 g/mol. The first-order valence-corrected chi connectivity index (χ1v) is 10.3. The van der Waals surface area contributed by atoms with Gasteiger partial charge in [-0.05, 0) is 73.7 Å². The summed E-state index contributed by atoms with van der Waals surface area (Å²) in [6.45, 7) is 7.14. The minimum Gasteiger partial charge on any atom is -0.480 e. The van der Waals surface area contributed by atoms with Gasteiger partial charge in [0.2, 0.25) is 0 Å². The molecule has 0 heterocycles. The second kappa shape index (κ2) is 8.74. The average molecular weight is 408 g/mol. The molecule has 3 aromatic carbocycles. The number of carbonyl (C=O) groups is 2. The smallest absolute Gasteiger partial charge is 0.411 e. The number of hydrogen-bond acceptors (Lipinski definition) is 3. The fourth-order valence-corrected chi connectivity index (χ4v) is 3.70. The van der Waals surface area contributed by atoms with Crippen molar-refractivity contribution in [3.63, 3.8) is 0 Å². The lowest BCUT2D eigenvalue weighted by Crippen LogP contribution is -2.46. The fourth-order valence-electron chi connectivity index (χ4n) is 3.70. The Bertz CT molecular complexity index is 1010. The zero-order chi connectivity index (χ0) is 21.9. The molecule has 158 valence electrons. The van der Waals surface area contributed by atoms with Crippen LogP contribution in [-0.4, -0.2) is 40.3 Å². The van der Waals surface area contributed by atoms with Crippen LogP contribution >= 0.6 is 0 Å². The van der Waals surface area contributed by atoms with Crippen molar-refractivity contribution in [1.82, 2.24) is 4.90 Å². The van der Waals surface area contributed by atoms with E-state index >= 15 is 0 Å². The standard InChI is InChI=1S/C25H29NO4/c1-17(23(27)28)26(24(29)30-25(2,3)4)15-9-14-22-20-12-7-5-10-18(20)16-19-11-6-8-13-21(19)22/h5-8,10-13,16-17H,9,14-15H2,1-4H3,(H,27,28)/t17-/m0/s1. The highest BCUT2D eigenvalue weighted by molar-refractivity contribution is 6.02. The van der Waals surface area contributed by atoms with Crippen LogP contribution in [-0.2, 0) is 16.0 Å². The second-order valence-corrected chi connectivity index (χ2v) is 8.59. The number of aryl methyl sites for hydroxylation is 1. The van der Waals surface area contributed by atoms with Crippen molar-refractivity contribution in [3.05, 3.63) is 60.2 Å². The summed E-state index contributed by atoms with van der Waals surface area (Å²) < 4.78 is 5.44. The number of aliphatic carboxylic acids is 1. The molecule has 0 unspecified atom stereocenters. The molecule has 0 saturated carbocycles. The number of fused-ring (bicyclic) bond motifs is 2. The SMILES string of the molecule is C[C@@H](C(=O)O)N(CCCc1c2ccccc2cc2ccccc12)C(=O)OC(C)(C)C. The van der Waals surface area contributed by atoms with E-state index in [1.54, 1.807) is 20.8 Å². The molecule has 3 aromatic rings. The Morgan fingerprint density at radius 3 is 2.03 bits per heavy atom. The number of carboxylic acids is 1. The number of hydrogen-bond donors (Lipinski definition) is 1. The normalized spacial score (nSPS) is 12.7. The maximum Gasteiger partial charge on any atom is 0.411 e. The molecule has 1 atom stereocenters. The number of amides is 1. The Kier molecular flexibility index (Phi) is 6.30. The number of rotatable bonds is 6. The first-order chi connectivity index (χ1) is 14.2. The summed E-state index contributed by atoms with van der Waals surface area (Å²) in [7, 11) is 0. The van der Waals surface area contributed by atoms with E-state index in [-0.39, 0.29) is 0 Å². The van der Waals surface area contributed by atoms with E-state index < -0.39 is 23.7 Å². The third-order valence-corrected chi connectivity index (χ3v) is 5.16. The van der Waals surface area contributed by atoms with Crippen molar-refractivity contribution in [2.24, 2.45) is 0 Å². The van der Waals surface area contributed by atoms with Gasteiger partial charge in [-0.15, -0.1) is 0 Å². The Labute approximate surface area is 177 Å². The highest BCUT2D eigenvalue weighted by Crippen LogP contribution is 2.29. The van der Waals surface area contributed by atoms with Crippen LogP contribution in [0.2, 0.25) is 0 Å². The van der Waals surface area contributed by atoms with Crippen LogP contribution in [0, 0.1) is 0 Å². The van der Waals surface area contributed by atoms with Crippen LogP contribution in [0.5, 0.6) is 0 Å². The van der Waals surface area contributed by atoms with Gasteiger partial charge in [-0.25, -0.2) is 9.59 Å². The minimum atomic E-state index is -1.04. The van der Waals surface area contributed by atoms with Gasteiger partial charge in [0.1, 0.15) is 11.6 Å². The van der Waals surface area contributed by atoms with E-state index in [1.165, 1.54) is 38.9 Å². The van der Waals surface area contributed by atoms with E-state index in [9.17, 15) is 14.7 Å². The maximum atomic E-state index is 12.6. The van der Waals surface area contributed by atoms with Crippen LogP contribution in [0.15, 0.2) is 54.6 Å². The predicted molar refractivity (Wildman–Crippen MR) is 120 cm³/mol. The quantitative estimate of drug-likeness (QED) is 0.537. The summed E-state index contributed by atoms with van der Waals surface area (Å²) in [6, 6.07) is 17.8. The largest absolute Gasteiger partial charge is 0.480 e. The highest BCUT2D eigenvalue weighted by atomic mass is 16.6. The van der Waals surface area contributed by atoms with Crippen LogP contribution in [0.1, 0.15) is 39.7 Å². The lowest BCUT2D eigenvalue weighted by Gasteiger charge is -2.30. The number of benzene rings is 3. The molecule has 0 spiro atoms. The summed E-state index contributed by atoms with van der Waals surface area (Å²) in [6.07, 6.45) is 0.766. The minimum absolute atomic E-state index is 0.305. The van der Waals surface area contributed by atoms with Crippen molar-refractivity contribution in [3.8, 4) is 0 Å². The molecule has 0 aliphatic rings. The molecule has 3 rings (SSSR count). The summed E-state index contributed by atoms with van der Waals surface area (Å²) in [5, 5.41) is 14.2. The van der Waals surface area contributed by atoms with Crippen LogP contribution < -0.4 is 0 Å². The topological polar surface area (TPSA) is 66.8 Å². The molecule has 0 aliphatic heterocycles. The summed E-state index contributed by atoms with van der Waals surface area (Å²) >= 11 is 0. The second-order valence-electron chi connectivity index (χ2n) is 8.59. The van der Waals surface area contributed by atoms with Crippen LogP contribution in [0.3, 0.4) is 0 Å². The molecule has 0 fully saturated rings. The van der Waals surface area contributed by atoms with Crippen molar-refractivity contribution in [2.45, 2.75) is 52.2 Å². The van der Waals surface area contributed by atoms with E-state index in [1.807, 2.05) is 24.3 Å². The maximum absolute atomic E-state index is 12.6. The molecule has 30 heavy (non-hydrogen) atoms. The summed E-state index contributed by atoms with van der Waals surface area (Å²) in [5.74, 6) is -1.04. The Morgan fingerprint density at radius 1 is 1.00 bits per heavy atom. The van der Waals surface area contributed by atoms with Gasteiger partial charge in [-0.3, -0.25) is 4.90 Å². The van der Waals surface area contributed by atoms with Crippen molar-refractivity contribution >= 4 is 33.6 Å². The number of ether oxygens (including phenoxy) is 1. The molecule has 0 aliphatic carbocycles. The molecule has 1 N–H and O–H groups in total. The van der Waals surface area contributed by atoms with Gasteiger partial charge < -0.3 is 9.84 Å². The highest BCUT2D eigenvalue weighted by Gasteiger charge is 2.29. The molecular formula is C25H29NO4. The third kappa shape index (κ3) is 4.90. The number of carbonyl (C=O) groups excluding carboxylic acids is 1. The van der Waals surface area contributed by atoms with Crippen molar-refractivity contribution in [1.29, 1.82) is 0 Å². The summed E-state index contributed by atoms with van der Waals surface area (Å²) in [4.78, 5) is 25.5. The Hall–Kier alpha value is -3.08. The van der Waals surface area contributed by atoms with Crippen molar-refractivity contribution in [2.75, 3.05) is 6.54 Å². The van der Waals surface area contributed by atoms with E-state index in [0.29, 0.717) is 13.0 Å². The molecule has 5 heteroatoms. The van der Waals surface area contributed by atoms with E-state index in [0.717, 1.165) is 6.42 Å². The summed E-state index contributed by atoms with van der Waals surface area (Å²) in [5.41, 5.74) is 0.537. The fraction of sp³-hybridized carbons (Fsp3) is 0.360. The zero-order valence-corrected chi connectivity index (χ0v) is 18.0. The van der Waals surface area contributed by atoms with Gasteiger partial charge in [-0.2, -0.15) is 0 Å². The molecule has 0 bridgehead atoms. The van der Waals surface area contributed by atoms with Gasteiger partial charge >= 0.3 is 12.1 Å². The predicted octanol–water partition coefficient (Wildman–Crippen LogP) is 5.64. The van der Waals surface area contributed by atoms with Crippen LogP contribution in [0.4, 0.5) is 4.79 Å². The lowest BCUT2D eigenvalue weighted by atomic mass is 9.94. The van der Waals surface area contributed by atoms with E-state index in [2.05, 4.69) is 30.3 Å². The zero-order valence-electron chi connectivity index (χ0n) is 18.0. The van der Waals surface area contributed by atoms with Gasteiger partial charge in [0.15, 0.2) is 0 Å². The first kappa shape index (κ1) is 21.6. The Morgan fingerprint density at radius 2 is 1.53 bits per heavy atom. The molecular weight excluding hydrogens is 378 g/mol. The van der Waals surface area contributed by atoms with Crippen molar-refractivity contribution < 1.29 is 19.4 Å². The third-order valence-electron chi connectivity index (χ3n) is 5.16. The van der Waals surface area contributed by atoms with Gasteiger partial charge in [0, 0.05) is 6.54 Å². The molecule has 1 amide bonds. The van der Waals surface area contributed by atoms with Gasteiger partial charge in [0.25, 0.3) is 0 Å². The molecule has 0 saturated heterocycles. The number of nitrogens with zero attached hydrogens (tertiary/aromatic N) is 1. The molecule has 0 radical (unpaired) electrons. The van der Waals surface area contributed by atoms with Gasteiger partial charge in [0.05, 0.1) is 0 Å². The lowest BCUT2D eigenvalue weighted by molar-refractivity contribution is -0.142. The molecule has 0 aromatic heterocycles. The van der Waals surface area contributed by atoms with Crippen LogP contribution in [0.25, 0.3) is 21.5 Å². The average Bonchev–Trinajstić information content (AvgIpc) is 2.68. The Balaban J connectivity index is 1.86. The first-order valence-electron chi connectivity index (χ1n) is 10.3. The van der Waals surface area contributed by atoms with Gasteiger partial charge in [-0.1, -0.05) is 48.5 Å². The van der Waals surface area contributed by atoms with E-state index in [4.69, 9.17) is 4.74 Å². The molecule has 5 nitrogen and oxygen atoms in total.